The van der Waals surface area contributed by atoms with Gasteiger partial charge in [-0.25, -0.2) is 4.79 Å². The SMILES string of the molecule is COc1ccc(Oc2ccc(C(F)(F)F)cc2)cc1NC(=O)C1CCC(=O)N1C(=O)CNC(=O)OCc1ccccc1. The summed E-state index contributed by atoms with van der Waals surface area (Å²) in [6.45, 7) is -0.582. The van der Waals surface area contributed by atoms with Crippen molar-refractivity contribution in [3.8, 4) is 17.2 Å². The molecule has 3 aromatic carbocycles. The quantitative estimate of drug-likeness (QED) is 0.367. The molecule has 1 aliphatic rings. The molecule has 10 nitrogen and oxygen atoms in total. The van der Waals surface area contributed by atoms with Crippen LogP contribution in [0.15, 0.2) is 72.8 Å². The summed E-state index contributed by atoms with van der Waals surface area (Å²) >= 11 is 0. The number of alkyl halides is 3. The highest BCUT2D eigenvalue weighted by atomic mass is 19.4. The van der Waals surface area contributed by atoms with Crippen molar-refractivity contribution < 1.29 is 46.6 Å². The second-order valence-corrected chi connectivity index (χ2v) is 9.10. The molecule has 1 fully saturated rings. The zero-order valence-corrected chi connectivity index (χ0v) is 22.3. The van der Waals surface area contributed by atoms with Gasteiger partial charge >= 0.3 is 12.3 Å². The zero-order chi connectivity index (χ0) is 30.3. The molecule has 0 bridgehead atoms. The van der Waals surface area contributed by atoms with E-state index < -0.39 is 48.1 Å². The Morgan fingerprint density at radius 2 is 1.67 bits per heavy atom. The predicted octanol–water partition coefficient (Wildman–Crippen LogP) is 4.89. The number of likely N-dealkylation sites (tertiary alicyclic amines) is 1. The van der Waals surface area contributed by atoms with Crippen molar-refractivity contribution in [3.05, 3.63) is 83.9 Å². The molecule has 13 heteroatoms. The van der Waals surface area contributed by atoms with Gasteiger partial charge in [0.05, 0.1) is 18.4 Å². The van der Waals surface area contributed by atoms with Gasteiger partial charge < -0.3 is 24.8 Å². The van der Waals surface area contributed by atoms with E-state index in [0.717, 1.165) is 34.7 Å². The number of alkyl carbamates (subject to hydrolysis) is 1. The lowest BCUT2D eigenvalue weighted by Crippen LogP contribution is -2.49. The van der Waals surface area contributed by atoms with Gasteiger partial charge in [0.1, 0.15) is 36.4 Å². The van der Waals surface area contributed by atoms with Gasteiger partial charge in [0.15, 0.2) is 0 Å². The first-order valence-corrected chi connectivity index (χ1v) is 12.7. The summed E-state index contributed by atoms with van der Waals surface area (Å²) in [5, 5.41) is 4.90. The average molecular weight is 586 g/mol. The molecule has 1 atom stereocenters. The van der Waals surface area contributed by atoms with Crippen molar-refractivity contribution in [1.29, 1.82) is 0 Å². The fourth-order valence-electron chi connectivity index (χ4n) is 4.16. The number of ether oxygens (including phenoxy) is 3. The number of nitrogens with one attached hydrogen (secondary N) is 2. The molecule has 1 heterocycles. The molecule has 1 saturated heterocycles. The van der Waals surface area contributed by atoms with Crippen molar-refractivity contribution >= 4 is 29.5 Å². The van der Waals surface area contributed by atoms with Crippen molar-refractivity contribution in [2.24, 2.45) is 0 Å². The van der Waals surface area contributed by atoms with Gasteiger partial charge in [0, 0.05) is 12.5 Å². The molecule has 1 unspecified atom stereocenters. The average Bonchev–Trinajstić information content (AvgIpc) is 3.37. The van der Waals surface area contributed by atoms with E-state index in [2.05, 4.69) is 10.6 Å². The van der Waals surface area contributed by atoms with Crippen LogP contribution in [0.25, 0.3) is 0 Å². The molecule has 3 aromatic rings. The number of benzene rings is 3. The van der Waals surface area contributed by atoms with Gasteiger partial charge in [-0.3, -0.25) is 19.3 Å². The van der Waals surface area contributed by atoms with E-state index in [-0.39, 0.29) is 42.4 Å². The van der Waals surface area contributed by atoms with Crippen LogP contribution in [-0.4, -0.2) is 48.4 Å². The molecule has 0 spiro atoms. The highest BCUT2D eigenvalue weighted by Gasteiger charge is 2.40. The molecule has 0 radical (unpaired) electrons. The first kappa shape index (κ1) is 29.9. The monoisotopic (exact) mass is 585 g/mol. The molecule has 0 aromatic heterocycles. The van der Waals surface area contributed by atoms with Crippen LogP contribution in [0.3, 0.4) is 0 Å². The molecule has 220 valence electrons. The number of hydrogen-bond donors (Lipinski definition) is 2. The number of rotatable bonds is 9. The summed E-state index contributed by atoms with van der Waals surface area (Å²) in [7, 11) is 1.36. The van der Waals surface area contributed by atoms with Crippen LogP contribution in [0.5, 0.6) is 17.2 Å². The predicted molar refractivity (Wildman–Crippen MR) is 143 cm³/mol. The number of methoxy groups -OCH3 is 1. The molecule has 0 saturated carbocycles. The van der Waals surface area contributed by atoms with Crippen LogP contribution < -0.4 is 20.1 Å². The summed E-state index contributed by atoms with van der Waals surface area (Å²) in [6.07, 6.45) is -5.36. The smallest absolute Gasteiger partial charge is 0.416 e. The Morgan fingerprint density at radius 3 is 2.33 bits per heavy atom. The van der Waals surface area contributed by atoms with Crippen LogP contribution in [0.2, 0.25) is 0 Å². The Labute approximate surface area is 238 Å². The van der Waals surface area contributed by atoms with Gasteiger partial charge in [-0.05, 0) is 48.4 Å². The highest BCUT2D eigenvalue weighted by Crippen LogP contribution is 2.34. The molecular weight excluding hydrogens is 559 g/mol. The molecule has 4 amide bonds. The number of amides is 4. The third kappa shape index (κ3) is 7.56. The van der Waals surface area contributed by atoms with Crippen molar-refractivity contribution in [1.82, 2.24) is 10.2 Å². The maximum Gasteiger partial charge on any atom is 0.416 e. The fourth-order valence-corrected chi connectivity index (χ4v) is 4.16. The lowest BCUT2D eigenvalue weighted by atomic mass is 10.2. The lowest BCUT2D eigenvalue weighted by Gasteiger charge is -2.23. The van der Waals surface area contributed by atoms with Crippen molar-refractivity contribution in [2.75, 3.05) is 19.0 Å². The van der Waals surface area contributed by atoms with Crippen molar-refractivity contribution in [3.63, 3.8) is 0 Å². The highest BCUT2D eigenvalue weighted by molar-refractivity contribution is 6.07. The number of halogens is 3. The van der Waals surface area contributed by atoms with Gasteiger partial charge in [-0.15, -0.1) is 0 Å². The normalized spacial score (nSPS) is 14.7. The fraction of sp³-hybridized carbons (Fsp3) is 0.241. The lowest BCUT2D eigenvalue weighted by molar-refractivity contribution is -0.146. The van der Waals surface area contributed by atoms with E-state index in [1.165, 1.54) is 25.3 Å². The van der Waals surface area contributed by atoms with E-state index in [9.17, 15) is 32.3 Å². The van der Waals surface area contributed by atoms with E-state index >= 15 is 0 Å². The maximum absolute atomic E-state index is 13.2. The van der Waals surface area contributed by atoms with Crippen molar-refractivity contribution in [2.45, 2.75) is 31.7 Å². The molecular formula is C29H26F3N3O7. The minimum Gasteiger partial charge on any atom is -0.495 e. The van der Waals surface area contributed by atoms with E-state index in [0.29, 0.717) is 0 Å². The van der Waals surface area contributed by atoms with Crippen LogP contribution in [0.4, 0.5) is 23.7 Å². The second-order valence-electron chi connectivity index (χ2n) is 9.10. The van der Waals surface area contributed by atoms with Crippen LogP contribution in [0, 0.1) is 0 Å². The van der Waals surface area contributed by atoms with Crippen LogP contribution in [-0.2, 0) is 31.9 Å². The summed E-state index contributed by atoms with van der Waals surface area (Å²) < 4.78 is 54.5. The largest absolute Gasteiger partial charge is 0.495 e. The minimum atomic E-state index is -4.49. The second kappa shape index (κ2) is 13.1. The third-order valence-electron chi connectivity index (χ3n) is 6.23. The first-order chi connectivity index (χ1) is 20.0. The number of carbonyl (C=O) groups is 4. The Morgan fingerprint density at radius 1 is 0.976 bits per heavy atom. The number of hydrogen-bond acceptors (Lipinski definition) is 7. The summed E-state index contributed by atoms with van der Waals surface area (Å²) in [5.41, 5.74) is 0.0537. The topological polar surface area (TPSA) is 123 Å². The summed E-state index contributed by atoms with van der Waals surface area (Å²) in [5.74, 6) is -1.52. The van der Waals surface area contributed by atoms with Crippen LogP contribution in [0.1, 0.15) is 24.0 Å². The summed E-state index contributed by atoms with van der Waals surface area (Å²) in [6, 6.07) is 16.2. The molecule has 0 aliphatic carbocycles. The first-order valence-electron chi connectivity index (χ1n) is 12.7. The van der Waals surface area contributed by atoms with Gasteiger partial charge in [0.2, 0.25) is 17.7 Å². The standard InChI is InChI=1S/C29H26F3N3O7/c1-40-24-13-11-21(42-20-9-7-19(8-10-20)29(30,31)32)15-22(24)34-27(38)23-12-14-25(36)35(23)26(37)16-33-28(39)41-17-18-5-3-2-4-6-18/h2-11,13,15,23H,12,14,16-17H2,1H3,(H,33,39)(H,34,38). The molecule has 2 N–H and O–H groups in total. The van der Waals surface area contributed by atoms with Crippen LogP contribution >= 0.6 is 0 Å². The molecule has 4 rings (SSSR count). The number of anilines is 1. The van der Waals surface area contributed by atoms with Gasteiger partial charge in [-0.2, -0.15) is 13.2 Å². The Hall–Kier alpha value is -5.07. The number of imide groups is 1. The number of carbonyl (C=O) groups excluding carboxylic acids is 4. The Balaban J connectivity index is 1.38. The number of nitrogens with zero attached hydrogens (tertiary/aromatic N) is 1. The van der Waals surface area contributed by atoms with Gasteiger partial charge in [0.25, 0.3) is 0 Å². The van der Waals surface area contributed by atoms with E-state index in [4.69, 9.17) is 14.2 Å². The molecule has 42 heavy (non-hydrogen) atoms. The van der Waals surface area contributed by atoms with Gasteiger partial charge in [-0.1, -0.05) is 30.3 Å². The third-order valence-corrected chi connectivity index (χ3v) is 6.23. The minimum absolute atomic E-state index is 0.0159. The Kier molecular flexibility index (Phi) is 9.30. The molecule has 1 aliphatic heterocycles. The Bertz CT molecular complexity index is 1450. The maximum atomic E-state index is 13.2. The zero-order valence-electron chi connectivity index (χ0n) is 22.3. The van der Waals surface area contributed by atoms with E-state index in [1.54, 1.807) is 24.3 Å². The van der Waals surface area contributed by atoms with E-state index in [1.807, 2.05) is 6.07 Å². The summed E-state index contributed by atoms with van der Waals surface area (Å²) in [4.78, 5) is 51.3.